The summed E-state index contributed by atoms with van der Waals surface area (Å²) in [7, 11) is 1.47. The van der Waals surface area contributed by atoms with Crippen LogP contribution in [0.2, 0.25) is 0 Å². The molecule has 0 aliphatic carbocycles. The molecule has 1 unspecified atom stereocenters. The summed E-state index contributed by atoms with van der Waals surface area (Å²) in [5.74, 6) is 0.772. The Hall–Kier alpha value is -0.0900. The van der Waals surface area contributed by atoms with Crippen LogP contribution in [0.5, 0.6) is 0 Å². The standard InChI is InChI=1S/C11H20BrNO2/c1-9(7-12)8-13-5-3-10(4-6-13)11(14)15-2/h9-10H,3-8H2,1-2H3. The monoisotopic (exact) mass is 277 g/mol. The van der Waals surface area contributed by atoms with Gasteiger partial charge in [-0.3, -0.25) is 4.79 Å². The van der Waals surface area contributed by atoms with Gasteiger partial charge in [0.25, 0.3) is 0 Å². The van der Waals surface area contributed by atoms with E-state index >= 15 is 0 Å². The Kier molecular flexibility index (Phi) is 5.61. The van der Waals surface area contributed by atoms with Crippen LogP contribution in [0.4, 0.5) is 0 Å². The molecule has 1 aliphatic rings. The number of carbonyl (C=O) groups is 1. The fourth-order valence-electron chi connectivity index (χ4n) is 2.01. The molecule has 0 radical (unpaired) electrons. The molecule has 0 aromatic carbocycles. The first-order chi connectivity index (χ1) is 7.17. The molecule has 88 valence electrons. The first-order valence-corrected chi connectivity index (χ1v) is 6.65. The number of methoxy groups -OCH3 is 1. The lowest BCUT2D eigenvalue weighted by molar-refractivity contribution is -0.147. The van der Waals surface area contributed by atoms with Crippen molar-refractivity contribution in [3.63, 3.8) is 0 Å². The highest BCUT2D eigenvalue weighted by atomic mass is 79.9. The lowest BCUT2D eigenvalue weighted by atomic mass is 9.96. The van der Waals surface area contributed by atoms with E-state index in [1.807, 2.05) is 0 Å². The van der Waals surface area contributed by atoms with E-state index in [4.69, 9.17) is 4.74 Å². The Balaban J connectivity index is 2.26. The van der Waals surface area contributed by atoms with Crippen molar-refractivity contribution >= 4 is 21.9 Å². The molecule has 15 heavy (non-hydrogen) atoms. The van der Waals surface area contributed by atoms with Crippen molar-refractivity contribution in [2.24, 2.45) is 11.8 Å². The zero-order valence-corrected chi connectivity index (χ0v) is 11.1. The highest BCUT2D eigenvalue weighted by Crippen LogP contribution is 2.19. The molecular formula is C11H20BrNO2. The van der Waals surface area contributed by atoms with E-state index in [-0.39, 0.29) is 11.9 Å². The Bertz CT molecular complexity index is 203. The van der Waals surface area contributed by atoms with Crippen molar-refractivity contribution in [2.45, 2.75) is 19.8 Å². The van der Waals surface area contributed by atoms with E-state index in [0.717, 1.165) is 37.8 Å². The van der Waals surface area contributed by atoms with E-state index in [1.165, 1.54) is 7.11 Å². The van der Waals surface area contributed by atoms with Gasteiger partial charge in [-0.25, -0.2) is 0 Å². The van der Waals surface area contributed by atoms with Gasteiger partial charge in [-0.15, -0.1) is 0 Å². The van der Waals surface area contributed by atoms with Crippen LogP contribution in [0.1, 0.15) is 19.8 Å². The minimum Gasteiger partial charge on any atom is -0.469 e. The number of esters is 1. The lowest BCUT2D eigenvalue weighted by Crippen LogP contribution is -2.39. The smallest absolute Gasteiger partial charge is 0.308 e. The number of ether oxygens (including phenoxy) is 1. The Morgan fingerprint density at radius 3 is 2.60 bits per heavy atom. The SMILES string of the molecule is COC(=O)C1CCN(CC(C)CBr)CC1. The minimum atomic E-state index is -0.0387. The third-order valence-corrected chi connectivity index (χ3v) is 4.06. The summed E-state index contributed by atoms with van der Waals surface area (Å²) in [6.45, 7) is 5.41. The molecule has 0 aromatic rings. The van der Waals surface area contributed by atoms with Crippen LogP contribution in [0.15, 0.2) is 0 Å². The maximum Gasteiger partial charge on any atom is 0.308 e. The highest BCUT2D eigenvalue weighted by Gasteiger charge is 2.25. The van der Waals surface area contributed by atoms with Crippen molar-refractivity contribution < 1.29 is 9.53 Å². The molecule has 0 bridgehead atoms. The zero-order chi connectivity index (χ0) is 11.3. The topological polar surface area (TPSA) is 29.5 Å². The van der Waals surface area contributed by atoms with Crippen LogP contribution in [-0.2, 0) is 9.53 Å². The Morgan fingerprint density at radius 1 is 1.53 bits per heavy atom. The number of rotatable bonds is 4. The van der Waals surface area contributed by atoms with Gasteiger partial charge in [-0.2, -0.15) is 0 Å². The number of hydrogen-bond donors (Lipinski definition) is 0. The number of piperidine rings is 1. The van der Waals surface area contributed by atoms with Gasteiger partial charge in [0.15, 0.2) is 0 Å². The normalized spacial score (nSPS) is 21.3. The van der Waals surface area contributed by atoms with Crippen LogP contribution in [0.3, 0.4) is 0 Å². The van der Waals surface area contributed by atoms with E-state index in [1.54, 1.807) is 0 Å². The summed E-state index contributed by atoms with van der Waals surface area (Å²) in [5.41, 5.74) is 0. The fourth-order valence-corrected chi connectivity index (χ4v) is 2.21. The molecule has 0 aromatic heterocycles. The fraction of sp³-hybridized carbons (Fsp3) is 0.909. The number of likely N-dealkylation sites (tertiary alicyclic amines) is 1. The minimum absolute atomic E-state index is 0.0387. The van der Waals surface area contributed by atoms with Gasteiger partial charge in [-0.1, -0.05) is 22.9 Å². The van der Waals surface area contributed by atoms with Crippen molar-refractivity contribution in [1.82, 2.24) is 4.90 Å². The number of carbonyl (C=O) groups excluding carboxylic acids is 1. The first-order valence-electron chi connectivity index (χ1n) is 5.53. The zero-order valence-electron chi connectivity index (χ0n) is 9.54. The van der Waals surface area contributed by atoms with Crippen LogP contribution in [0.25, 0.3) is 0 Å². The summed E-state index contributed by atoms with van der Waals surface area (Å²) in [4.78, 5) is 13.7. The third-order valence-electron chi connectivity index (χ3n) is 2.96. The lowest BCUT2D eigenvalue weighted by Gasteiger charge is -2.31. The van der Waals surface area contributed by atoms with Gasteiger partial charge >= 0.3 is 5.97 Å². The van der Waals surface area contributed by atoms with Gasteiger partial charge in [0.2, 0.25) is 0 Å². The quantitative estimate of drug-likeness (QED) is 0.581. The van der Waals surface area contributed by atoms with Gasteiger partial charge in [0.1, 0.15) is 0 Å². The molecular weight excluding hydrogens is 258 g/mol. The van der Waals surface area contributed by atoms with E-state index < -0.39 is 0 Å². The summed E-state index contributed by atoms with van der Waals surface area (Å²) in [5, 5.41) is 1.05. The molecule has 0 N–H and O–H groups in total. The predicted octanol–water partition coefficient (Wildman–Crippen LogP) is 1.90. The Labute approximate surface area is 100 Å². The summed E-state index contributed by atoms with van der Waals surface area (Å²) in [6, 6.07) is 0. The van der Waals surface area contributed by atoms with E-state index in [9.17, 15) is 4.79 Å². The third kappa shape index (κ3) is 4.11. The molecule has 1 fully saturated rings. The molecule has 1 saturated heterocycles. The Morgan fingerprint density at radius 2 is 2.13 bits per heavy atom. The van der Waals surface area contributed by atoms with Crippen LogP contribution in [0, 0.1) is 11.8 Å². The van der Waals surface area contributed by atoms with E-state index in [2.05, 4.69) is 27.8 Å². The summed E-state index contributed by atoms with van der Waals surface area (Å²) < 4.78 is 4.76. The molecule has 0 saturated carbocycles. The van der Waals surface area contributed by atoms with Crippen LogP contribution < -0.4 is 0 Å². The average molecular weight is 278 g/mol. The van der Waals surface area contributed by atoms with Gasteiger partial charge in [-0.05, 0) is 31.8 Å². The molecule has 1 rings (SSSR count). The average Bonchev–Trinajstić information content (AvgIpc) is 2.29. The molecule has 1 aliphatic heterocycles. The van der Waals surface area contributed by atoms with Gasteiger partial charge in [0, 0.05) is 11.9 Å². The second kappa shape index (κ2) is 6.48. The molecule has 0 spiro atoms. The first kappa shape index (κ1) is 13.0. The second-order valence-electron chi connectivity index (χ2n) is 4.36. The van der Waals surface area contributed by atoms with Crippen molar-refractivity contribution in [1.29, 1.82) is 0 Å². The van der Waals surface area contributed by atoms with Crippen LogP contribution >= 0.6 is 15.9 Å². The number of hydrogen-bond acceptors (Lipinski definition) is 3. The van der Waals surface area contributed by atoms with Crippen molar-refractivity contribution in [2.75, 3.05) is 32.1 Å². The number of nitrogens with zero attached hydrogens (tertiary/aromatic N) is 1. The summed E-state index contributed by atoms with van der Waals surface area (Å²) in [6.07, 6.45) is 1.89. The number of alkyl halides is 1. The molecule has 4 heteroatoms. The van der Waals surface area contributed by atoms with Gasteiger partial charge < -0.3 is 9.64 Å². The van der Waals surface area contributed by atoms with Gasteiger partial charge in [0.05, 0.1) is 13.0 Å². The maximum atomic E-state index is 11.3. The van der Waals surface area contributed by atoms with Crippen molar-refractivity contribution in [3.8, 4) is 0 Å². The molecule has 3 nitrogen and oxygen atoms in total. The predicted molar refractivity (Wildman–Crippen MR) is 64.1 cm³/mol. The molecule has 0 amide bonds. The largest absolute Gasteiger partial charge is 0.469 e. The molecule has 1 atom stereocenters. The highest BCUT2D eigenvalue weighted by molar-refractivity contribution is 9.09. The maximum absolute atomic E-state index is 11.3. The molecule has 1 heterocycles. The second-order valence-corrected chi connectivity index (χ2v) is 5.00. The summed E-state index contributed by atoms with van der Waals surface area (Å²) >= 11 is 3.49. The van der Waals surface area contributed by atoms with E-state index in [0.29, 0.717) is 5.92 Å². The van der Waals surface area contributed by atoms with Crippen LogP contribution in [-0.4, -0.2) is 42.9 Å². The van der Waals surface area contributed by atoms with Crippen molar-refractivity contribution in [3.05, 3.63) is 0 Å². The number of halogens is 1.